The third-order valence-corrected chi connectivity index (χ3v) is 2.31. The van der Waals surface area contributed by atoms with Gasteiger partial charge >= 0.3 is 0 Å². The van der Waals surface area contributed by atoms with Gasteiger partial charge in [-0.05, 0) is 35.9 Å². The fraction of sp³-hybridized carbons (Fsp3) is 0.0833. The van der Waals surface area contributed by atoms with Crippen LogP contribution in [-0.4, -0.2) is 4.98 Å². The number of pyridine rings is 1. The van der Waals surface area contributed by atoms with Crippen molar-refractivity contribution in [2.45, 2.75) is 6.43 Å². The second-order valence-electron chi connectivity index (χ2n) is 3.51. The number of alkyl halides is 2. The Labute approximate surface area is 95.9 Å². The molecule has 0 unspecified atom stereocenters. The zero-order valence-electron chi connectivity index (χ0n) is 8.70. The van der Waals surface area contributed by atoms with Gasteiger partial charge in [-0.3, -0.25) is 4.98 Å². The molecule has 0 aliphatic heterocycles. The summed E-state index contributed by atoms with van der Waals surface area (Å²) in [4.78, 5) is 3.51. The van der Waals surface area contributed by atoms with E-state index in [2.05, 4.69) is 4.98 Å². The number of halogens is 3. The van der Waals surface area contributed by atoms with Crippen molar-refractivity contribution < 1.29 is 13.2 Å². The molecule has 0 amide bonds. The fourth-order valence-corrected chi connectivity index (χ4v) is 1.50. The van der Waals surface area contributed by atoms with E-state index in [1.807, 2.05) is 0 Å². The number of anilines is 1. The standard InChI is InChI=1S/C12H9F3N2/c13-10-6-8(16)1-2-9(10)7-3-4-17-11(5-7)12(14)15/h1-6,12H,16H2. The Morgan fingerprint density at radius 3 is 2.53 bits per heavy atom. The first kappa shape index (κ1) is 11.4. The highest BCUT2D eigenvalue weighted by Crippen LogP contribution is 2.27. The lowest BCUT2D eigenvalue weighted by molar-refractivity contribution is 0.146. The maximum atomic E-state index is 13.6. The normalized spacial score (nSPS) is 10.8. The van der Waals surface area contributed by atoms with Crippen molar-refractivity contribution in [2.24, 2.45) is 0 Å². The summed E-state index contributed by atoms with van der Waals surface area (Å²) in [6, 6.07) is 6.76. The highest BCUT2D eigenvalue weighted by atomic mass is 19.3. The van der Waals surface area contributed by atoms with E-state index in [1.165, 1.54) is 30.5 Å². The van der Waals surface area contributed by atoms with Gasteiger partial charge in [0.25, 0.3) is 6.43 Å². The fourth-order valence-electron chi connectivity index (χ4n) is 1.50. The van der Waals surface area contributed by atoms with Crippen molar-refractivity contribution in [3.63, 3.8) is 0 Å². The van der Waals surface area contributed by atoms with E-state index in [-0.39, 0.29) is 16.9 Å². The SMILES string of the molecule is Nc1ccc(-c2ccnc(C(F)F)c2)c(F)c1. The molecule has 2 N–H and O–H groups in total. The number of nitrogen functional groups attached to an aromatic ring is 1. The predicted molar refractivity (Wildman–Crippen MR) is 59.0 cm³/mol. The van der Waals surface area contributed by atoms with Crippen LogP contribution in [0.4, 0.5) is 18.9 Å². The summed E-state index contributed by atoms with van der Waals surface area (Å²) in [5, 5.41) is 0. The molecule has 17 heavy (non-hydrogen) atoms. The van der Waals surface area contributed by atoms with Crippen LogP contribution in [0.2, 0.25) is 0 Å². The van der Waals surface area contributed by atoms with Crippen molar-refractivity contribution in [1.29, 1.82) is 0 Å². The lowest BCUT2D eigenvalue weighted by Crippen LogP contribution is -1.93. The van der Waals surface area contributed by atoms with Crippen molar-refractivity contribution in [1.82, 2.24) is 4.98 Å². The van der Waals surface area contributed by atoms with Gasteiger partial charge in [-0.1, -0.05) is 0 Å². The smallest absolute Gasteiger partial charge is 0.280 e. The molecule has 2 rings (SSSR count). The summed E-state index contributed by atoms with van der Waals surface area (Å²) < 4.78 is 38.5. The summed E-state index contributed by atoms with van der Waals surface area (Å²) in [5.74, 6) is -0.545. The lowest BCUT2D eigenvalue weighted by Gasteiger charge is -2.06. The zero-order chi connectivity index (χ0) is 12.4. The molecule has 0 saturated carbocycles. The lowest BCUT2D eigenvalue weighted by atomic mass is 10.1. The molecule has 1 aromatic carbocycles. The molecule has 1 heterocycles. The van der Waals surface area contributed by atoms with Crippen LogP contribution >= 0.6 is 0 Å². The minimum atomic E-state index is -2.67. The van der Waals surface area contributed by atoms with Crippen molar-refractivity contribution >= 4 is 5.69 Å². The average Bonchev–Trinajstić information content (AvgIpc) is 2.29. The molecule has 0 spiro atoms. The van der Waals surface area contributed by atoms with Crippen LogP contribution in [0, 0.1) is 5.82 Å². The Morgan fingerprint density at radius 2 is 1.88 bits per heavy atom. The molecule has 1 aromatic heterocycles. The van der Waals surface area contributed by atoms with Crippen molar-refractivity contribution in [2.75, 3.05) is 5.73 Å². The first-order chi connectivity index (χ1) is 8.08. The molecule has 0 aliphatic carbocycles. The largest absolute Gasteiger partial charge is 0.399 e. The number of aromatic nitrogens is 1. The molecule has 0 fully saturated rings. The Hall–Kier alpha value is -2.04. The monoisotopic (exact) mass is 238 g/mol. The van der Waals surface area contributed by atoms with E-state index in [1.54, 1.807) is 0 Å². The van der Waals surface area contributed by atoms with E-state index in [4.69, 9.17) is 5.73 Å². The van der Waals surface area contributed by atoms with E-state index in [0.29, 0.717) is 5.56 Å². The van der Waals surface area contributed by atoms with Crippen LogP contribution in [-0.2, 0) is 0 Å². The second kappa shape index (κ2) is 4.45. The number of rotatable bonds is 2. The Bertz CT molecular complexity index is 541. The molecule has 2 nitrogen and oxygen atoms in total. The van der Waals surface area contributed by atoms with Crippen molar-refractivity contribution in [3.8, 4) is 11.1 Å². The molecule has 0 atom stereocenters. The van der Waals surface area contributed by atoms with Gasteiger partial charge in [-0.25, -0.2) is 13.2 Å². The molecular weight excluding hydrogens is 229 g/mol. The number of hydrogen-bond donors (Lipinski definition) is 1. The van der Waals surface area contributed by atoms with Gasteiger partial charge in [-0.2, -0.15) is 0 Å². The van der Waals surface area contributed by atoms with Crippen LogP contribution in [0.5, 0.6) is 0 Å². The second-order valence-corrected chi connectivity index (χ2v) is 3.51. The third-order valence-electron chi connectivity index (χ3n) is 2.31. The summed E-state index contributed by atoms with van der Waals surface area (Å²) >= 11 is 0. The zero-order valence-corrected chi connectivity index (χ0v) is 8.70. The van der Waals surface area contributed by atoms with Crippen LogP contribution in [0.15, 0.2) is 36.5 Å². The number of hydrogen-bond acceptors (Lipinski definition) is 2. The maximum Gasteiger partial charge on any atom is 0.280 e. The summed E-state index contributed by atoms with van der Waals surface area (Å²) in [6.45, 7) is 0. The van der Waals surface area contributed by atoms with Crippen LogP contribution in [0.3, 0.4) is 0 Å². The highest BCUT2D eigenvalue weighted by molar-refractivity contribution is 5.66. The molecule has 0 aliphatic rings. The van der Waals surface area contributed by atoms with Gasteiger partial charge in [0.2, 0.25) is 0 Å². The van der Waals surface area contributed by atoms with Gasteiger partial charge in [0.1, 0.15) is 11.5 Å². The summed E-state index contributed by atoms with van der Waals surface area (Å²) in [5.41, 5.74) is 5.90. The summed E-state index contributed by atoms with van der Waals surface area (Å²) in [7, 11) is 0. The van der Waals surface area contributed by atoms with E-state index < -0.39 is 12.2 Å². The van der Waals surface area contributed by atoms with Gasteiger partial charge in [0, 0.05) is 17.4 Å². The maximum absolute atomic E-state index is 13.6. The minimum Gasteiger partial charge on any atom is -0.399 e. The molecule has 5 heteroatoms. The quantitative estimate of drug-likeness (QED) is 0.814. The van der Waals surface area contributed by atoms with E-state index in [0.717, 1.165) is 6.07 Å². The molecule has 0 bridgehead atoms. The number of nitrogens with two attached hydrogens (primary N) is 1. The van der Waals surface area contributed by atoms with Gasteiger partial charge < -0.3 is 5.73 Å². The molecule has 0 saturated heterocycles. The first-order valence-electron chi connectivity index (χ1n) is 4.87. The van der Waals surface area contributed by atoms with E-state index >= 15 is 0 Å². The van der Waals surface area contributed by atoms with Crippen molar-refractivity contribution in [3.05, 3.63) is 48.0 Å². The third kappa shape index (κ3) is 2.38. The Balaban J connectivity index is 2.49. The number of benzene rings is 1. The van der Waals surface area contributed by atoms with Gasteiger partial charge in [0.05, 0.1) is 0 Å². The molecular formula is C12H9F3N2. The molecule has 2 aromatic rings. The van der Waals surface area contributed by atoms with E-state index in [9.17, 15) is 13.2 Å². The Morgan fingerprint density at radius 1 is 1.12 bits per heavy atom. The first-order valence-corrected chi connectivity index (χ1v) is 4.87. The predicted octanol–water partition coefficient (Wildman–Crippen LogP) is 3.41. The minimum absolute atomic E-state index is 0.225. The summed E-state index contributed by atoms with van der Waals surface area (Å²) in [6.07, 6.45) is -1.45. The number of nitrogens with zero attached hydrogens (tertiary/aromatic N) is 1. The Kier molecular flexibility index (Phi) is 2.99. The van der Waals surface area contributed by atoms with Crippen LogP contribution < -0.4 is 5.73 Å². The molecule has 0 radical (unpaired) electrons. The van der Waals surface area contributed by atoms with Crippen LogP contribution in [0.1, 0.15) is 12.1 Å². The van der Waals surface area contributed by atoms with Gasteiger partial charge in [-0.15, -0.1) is 0 Å². The topological polar surface area (TPSA) is 38.9 Å². The van der Waals surface area contributed by atoms with Crippen LogP contribution in [0.25, 0.3) is 11.1 Å². The van der Waals surface area contributed by atoms with Gasteiger partial charge in [0.15, 0.2) is 0 Å². The average molecular weight is 238 g/mol. The molecule has 88 valence electrons. The highest BCUT2D eigenvalue weighted by Gasteiger charge is 2.11.